The van der Waals surface area contributed by atoms with Crippen molar-refractivity contribution >= 4 is 17.6 Å². The molecule has 26 heavy (non-hydrogen) atoms. The van der Waals surface area contributed by atoms with E-state index in [1.807, 2.05) is 20.8 Å². The highest BCUT2D eigenvalue weighted by atomic mass is 35.5. The van der Waals surface area contributed by atoms with Gasteiger partial charge in [0.25, 0.3) is 0 Å². The van der Waals surface area contributed by atoms with E-state index in [1.54, 1.807) is 13.0 Å². The minimum atomic E-state index is -0.343. The maximum atomic E-state index is 13.3. The molecule has 0 aliphatic carbocycles. The highest BCUT2D eigenvalue weighted by Crippen LogP contribution is 2.30. The molecular formula is C18H25ClFN5O. The molecule has 0 fully saturated rings. The number of aliphatic imine (C=N–C) groups is 1. The lowest BCUT2D eigenvalue weighted by atomic mass is 9.84. The van der Waals surface area contributed by atoms with Crippen LogP contribution in [0.3, 0.4) is 0 Å². The molecule has 2 N–H and O–H groups in total. The van der Waals surface area contributed by atoms with Crippen molar-refractivity contribution < 1.29 is 8.91 Å². The Labute approximate surface area is 158 Å². The molecule has 0 saturated carbocycles. The fourth-order valence-electron chi connectivity index (χ4n) is 2.47. The maximum absolute atomic E-state index is 13.3. The van der Waals surface area contributed by atoms with E-state index in [0.717, 1.165) is 12.1 Å². The van der Waals surface area contributed by atoms with Crippen molar-refractivity contribution in [2.24, 2.45) is 4.99 Å². The summed E-state index contributed by atoms with van der Waals surface area (Å²) in [4.78, 5) is 8.81. The second kappa shape index (κ2) is 8.98. The number of halogens is 2. The first kappa shape index (κ1) is 20.2. The van der Waals surface area contributed by atoms with Crippen molar-refractivity contribution in [2.75, 3.05) is 19.6 Å². The summed E-state index contributed by atoms with van der Waals surface area (Å²) in [6.07, 6.45) is 0.610. The number of hydrogen-bond acceptors (Lipinski definition) is 4. The minimum Gasteiger partial charge on any atom is -0.357 e. The zero-order valence-corrected chi connectivity index (χ0v) is 16.3. The quantitative estimate of drug-likeness (QED) is 0.568. The summed E-state index contributed by atoms with van der Waals surface area (Å²) in [6.45, 7) is 9.69. The molecule has 0 unspecified atom stereocenters. The van der Waals surface area contributed by atoms with Gasteiger partial charge in [-0.05, 0) is 31.5 Å². The van der Waals surface area contributed by atoms with Crippen LogP contribution in [0, 0.1) is 12.7 Å². The number of nitrogens with one attached hydrogen (secondary N) is 2. The van der Waals surface area contributed by atoms with Crippen LogP contribution in [0.5, 0.6) is 0 Å². The number of benzene rings is 1. The van der Waals surface area contributed by atoms with Crippen molar-refractivity contribution in [1.29, 1.82) is 0 Å². The van der Waals surface area contributed by atoms with Gasteiger partial charge >= 0.3 is 0 Å². The molecular weight excluding hydrogens is 357 g/mol. The van der Waals surface area contributed by atoms with Crippen molar-refractivity contribution in [3.05, 3.63) is 46.3 Å². The summed E-state index contributed by atoms with van der Waals surface area (Å²) in [5.41, 5.74) is 0.526. The van der Waals surface area contributed by atoms with Gasteiger partial charge in [-0.3, -0.25) is 4.99 Å². The van der Waals surface area contributed by atoms with Crippen LogP contribution in [0.1, 0.15) is 38.0 Å². The predicted molar refractivity (Wildman–Crippen MR) is 101 cm³/mol. The molecule has 142 valence electrons. The maximum Gasteiger partial charge on any atom is 0.228 e. The molecule has 1 heterocycles. The van der Waals surface area contributed by atoms with Crippen LogP contribution in [0.25, 0.3) is 0 Å². The largest absolute Gasteiger partial charge is 0.357 e. The van der Waals surface area contributed by atoms with Crippen LogP contribution >= 0.6 is 11.6 Å². The molecule has 0 atom stereocenters. The monoisotopic (exact) mass is 381 g/mol. The Bertz CT molecular complexity index is 760. The van der Waals surface area contributed by atoms with Crippen molar-refractivity contribution in [3.8, 4) is 0 Å². The molecule has 0 saturated heterocycles. The molecule has 6 nitrogen and oxygen atoms in total. The summed E-state index contributed by atoms with van der Waals surface area (Å²) in [5.74, 6) is 1.56. The molecule has 1 aromatic carbocycles. The van der Waals surface area contributed by atoms with E-state index in [-0.39, 0.29) is 11.2 Å². The molecule has 0 spiro atoms. The Morgan fingerprint density at radius 2 is 2.12 bits per heavy atom. The molecule has 2 aromatic rings. The smallest absolute Gasteiger partial charge is 0.228 e. The van der Waals surface area contributed by atoms with Crippen LogP contribution in [-0.2, 0) is 11.8 Å². The topological polar surface area (TPSA) is 75.3 Å². The summed E-state index contributed by atoms with van der Waals surface area (Å²) >= 11 is 6.20. The highest BCUT2D eigenvalue weighted by molar-refractivity contribution is 6.31. The third-order valence-corrected chi connectivity index (χ3v) is 4.15. The SMILES string of the molecule is CCNC(=NCC(C)(C)c1ccc(F)cc1Cl)NCCc1nc(C)no1. The Morgan fingerprint density at radius 1 is 1.35 bits per heavy atom. The fourth-order valence-corrected chi connectivity index (χ4v) is 2.89. The zero-order chi connectivity index (χ0) is 19.2. The van der Waals surface area contributed by atoms with Gasteiger partial charge < -0.3 is 15.2 Å². The number of guanidine groups is 1. The van der Waals surface area contributed by atoms with Crippen molar-refractivity contribution in [3.63, 3.8) is 0 Å². The van der Waals surface area contributed by atoms with Gasteiger partial charge in [-0.2, -0.15) is 4.98 Å². The molecule has 1 aromatic heterocycles. The van der Waals surface area contributed by atoms with Crippen molar-refractivity contribution in [1.82, 2.24) is 20.8 Å². The van der Waals surface area contributed by atoms with Crippen LogP contribution < -0.4 is 10.6 Å². The van der Waals surface area contributed by atoms with E-state index < -0.39 is 0 Å². The van der Waals surface area contributed by atoms with Gasteiger partial charge in [0.05, 0.1) is 6.54 Å². The molecule has 0 aliphatic rings. The number of nitrogens with zero attached hydrogens (tertiary/aromatic N) is 3. The Kier molecular flexibility index (Phi) is 6.97. The van der Waals surface area contributed by atoms with Gasteiger partial charge in [0.15, 0.2) is 11.8 Å². The van der Waals surface area contributed by atoms with E-state index in [2.05, 4.69) is 25.8 Å². The summed E-state index contributed by atoms with van der Waals surface area (Å²) in [7, 11) is 0. The fraction of sp³-hybridized carbons (Fsp3) is 0.500. The second-order valence-electron chi connectivity index (χ2n) is 6.62. The second-order valence-corrected chi connectivity index (χ2v) is 7.02. The first-order valence-electron chi connectivity index (χ1n) is 8.58. The highest BCUT2D eigenvalue weighted by Gasteiger charge is 2.23. The van der Waals surface area contributed by atoms with Crippen LogP contribution in [-0.4, -0.2) is 35.7 Å². The van der Waals surface area contributed by atoms with Crippen molar-refractivity contribution in [2.45, 2.75) is 39.5 Å². The lowest BCUT2D eigenvalue weighted by Gasteiger charge is -2.25. The first-order chi connectivity index (χ1) is 12.3. The van der Waals surface area contributed by atoms with Gasteiger partial charge in [0.1, 0.15) is 5.82 Å². The number of hydrogen-bond donors (Lipinski definition) is 2. The van der Waals surface area contributed by atoms with Gasteiger partial charge in [0, 0.05) is 29.9 Å². The number of aryl methyl sites for hydroxylation is 1. The lowest BCUT2D eigenvalue weighted by molar-refractivity contribution is 0.374. The average Bonchev–Trinajstić information content (AvgIpc) is 2.97. The Balaban J connectivity index is 1.99. The van der Waals surface area contributed by atoms with Gasteiger partial charge in [-0.25, -0.2) is 4.39 Å². The summed E-state index contributed by atoms with van der Waals surface area (Å²) in [5, 5.41) is 10.6. The third kappa shape index (κ3) is 5.69. The first-order valence-corrected chi connectivity index (χ1v) is 8.96. The zero-order valence-electron chi connectivity index (χ0n) is 15.6. The van der Waals surface area contributed by atoms with Gasteiger partial charge in [-0.1, -0.05) is 36.7 Å². The minimum absolute atomic E-state index is 0.337. The van der Waals surface area contributed by atoms with Gasteiger partial charge in [-0.15, -0.1) is 0 Å². The average molecular weight is 382 g/mol. The third-order valence-electron chi connectivity index (χ3n) is 3.84. The van der Waals surface area contributed by atoms with E-state index in [0.29, 0.717) is 42.2 Å². The van der Waals surface area contributed by atoms with E-state index in [4.69, 9.17) is 16.1 Å². The molecule has 0 bridgehead atoms. The molecule has 2 rings (SSSR count). The summed E-state index contributed by atoms with van der Waals surface area (Å²) in [6, 6.07) is 4.46. The normalized spacial score (nSPS) is 12.3. The predicted octanol–water partition coefficient (Wildman–Crippen LogP) is 3.25. The molecule has 8 heteroatoms. The van der Waals surface area contributed by atoms with Crippen LogP contribution in [0.2, 0.25) is 5.02 Å². The standard InChI is InChI=1S/C18H25ClFN5O/c1-5-21-17(22-9-8-16-24-12(2)25-26-16)23-11-18(3,4)14-7-6-13(20)10-15(14)19/h6-7,10H,5,8-9,11H2,1-4H3,(H2,21,22,23). The van der Waals surface area contributed by atoms with E-state index >= 15 is 0 Å². The summed E-state index contributed by atoms with van der Waals surface area (Å²) < 4.78 is 18.4. The Hall–Kier alpha value is -2.15. The van der Waals surface area contributed by atoms with E-state index in [9.17, 15) is 4.39 Å². The van der Waals surface area contributed by atoms with Gasteiger partial charge in [0.2, 0.25) is 5.89 Å². The molecule has 0 aliphatic heterocycles. The van der Waals surface area contributed by atoms with Crippen LogP contribution in [0.4, 0.5) is 4.39 Å². The Morgan fingerprint density at radius 3 is 2.73 bits per heavy atom. The molecule has 0 amide bonds. The van der Waals surface area contributed by atoms with E-state index in [1.165, 1.54) is 12.1 Å². The number of aromatic nitrogens is 2. The van der Waals surface area contributed by atoms with Crippen LogP contribution in [0.15, 0.2) is 27.7 Å². The number of rotatable bonds is 7. The lowest BCUT2D eigenvalue weighted by Crippen LogP contribution is -2.39. The molecule has 0 radical (unpaired) electrons.